The van der Waals surface area contributed by atoms with Crippen LogP contribution in [0.25, 0.3) is 11.3 Å². The molecule has 2 saturated carbocycles. The zero-order chi connectivity index (χ0) is 23.8. The lowest BCUT2D eigenvalue weighted by atomic mass is 9.41. The molecular formula is C27H35NO5. The van der Waals surface area contributed by atoms with Crippen LogP contribution in [0.1, 0.15) is 72.0 Å². The molecule has 2 aliphatic carbocycles. The van der Waals surface area contributed by atoms with E-state index in [0.29, 0.717) is 29.4 Å². The smallest absolute Gasteiger partial charge is 0.345 e. The summed E-state index contributed by atoms with van der Waals surface area (Å²) < 4.78 is 12.1. The summed E-state index contributed by atoms with van der Waals surface area (Å²) in [5.41, 5.74) is -1.02. The Kier molecular flexibility index (Phi) is 5.07. The molecule has 0 amide bonds. The first-order valence-electron chi connectivity index (χ1n) is 12.2. The molecule has 6 nitrogen and oxygen atoms in total. The molecule has 1 aliphatic heterocycles. The van der Waals surface area contributed by atoms with Crippen LogP contribution in [0.15, 0.2) is 39.8 Å². The Bertz CT molecular complexity index is 1120. The van der Waals surface area contributed by atoms with Gasteiger partial charge in [0, 0.05) is 29.9 Å². The van der Waals surface area contributed by atoms with Crippen molar-refractivity contribution in [2.45, 2.75) is 78.1 Å². The summed E-state index contributed by atoms with van der Waals surface area (Å²) in [6, 6.07) is 5.22. The molecule has 0 radical (unpaired) electrons. The van der Waals surface area contributed by atoms with E-state index in [4.69, 9.17) is 9.15 Å². The van der Waals surface area contributed by atoms with Crippen LogP contribution in [0.5, 0.6) is 5.75 Å². The average Bonchev–Trinajstić information content (AvgIpc) is 2.78. The second-order valence-corrected chi connectivity index (χ2v) is 11.2. The Morgan fingerprint density at radius 3 is 2.67 bits per heavy atom. The SMILES string of the molecule is CCC1(C)C2C[C@H](O)[C@@]3(C)Oc4cc(-c5cccnc5)oc(=O)c4[C@H](O)C3[C@@]2(C)CC[C@@H]1C. The quantitative estimate of drug-likeness (QED) is 0.683. The minimum absolute atomic E-state index is 0.0458. The first-order chi connectivity index (χ1) is 15.6. The standard InChI is InChI=1S/C27H35NO5/c1-6-25(3)15(2)9-10-26(4)19(25)13-20(29)27(5)23(26)22(30)21-18(33-27)12-17(32-24(21)31)16-8-7-11-28-14-16/h7-8,11-12,14-15,19-20,22-23,29-30H,6,9-10,13H2,1-5H3/t15-,19?,20-,22-,23?,25?,26-,27+/m0/s1. The van der Waals surface area contributed by atoms with E-state index in [1.807, 2.05) is 6.92 Å². The van der Waals surface area contributed by atoms with Gasteiger partial charge in [0.25, 0.3) is 0 Å². The summed E-state index contributed by atoms with van der Waals surface area (Å²) >= 11 is 0. The highest BCUT2D eigenvalue weighted by atomic mass is 16.5. The lowest BCUT2D eigenvalue weighted by Crippen LogP contribution is -2.69. The molecule has 0 saturated heterocycles. The van der Waals surface area contributed by atoms with Gasteiger partial charge in [-0.15, -0.1) is 0 Å². The van der Waals surface area contributed by atoms with E-state index < -0.39 is 29.4 Å². The number of aromatic nitrogens is 1. The van der Waals surface area contributed by atoms with Crippen LogP contribution in [0.4, 0.5) is 0 Å². The maximum Gasteiger partial charge on any atom is 0.345 e. The van der Waals surface area contributed by atoms with Crippen LogP contribution in [-0.4, -0.2) is 26.9 Å². The molecule has 3 heterocycles. The number of hydrogen-bond donors (Lipinski definition) is 2. The third kappa shape index (κ3) is 2.99. The predicted molar refractivity (Wildman–Crippen MR) is 125 cm³/mol. The Labute approximate surface area is 195 Å². The summed E-state index contributed by atoms with van der Waals surface area (Å²) in [5.74, 6) is 0.948. The molecule has 6 heteroatoms. The summed E-state index contributed by atoms with van der Waals surface area (Å²) in [4.78, 5) is 17.2. The number of nitrogens with zero attached hydrogens (tertiary/aromatic N) is 1. The largest absolute Gasteiger partial charge is 0.484 e. The van der Waals surface area contributed by atoms with Crippen LogP contribution in [0.2, 0.25) is 0 Å². The van der Waals surface area contributed by atoms with Gasteiger partial charge in [0.1, 0.15) is 22.7 Å². The number of rotatable bonds is 2. The van der Waals surface area contributed by atoms with Gasteiger partial charge in [-0.05, 0) is 61.0 Å². The lowest BCUT2D eigenvalue weighted by molar-refractivity contribution is -0.253. The van der Waals surface area contributed by atoms with Crippen molar-refractivity contribution >= 4 is 0 Å². The highest BCUT2D eigenvalue weighted by molar-refractivity contribution is 5.59. The molecule has 0 aromatic carbocycles. The third-order valence-electron chi connectivity index (χ3n) is 9.88. The van der Waals surface area contributed by atoms with Crippen molar-refractivity contribution in [2.75, 3.05) is 0 Å². The van der Waals surface area contributed by atoms with E-state index in [9.17, 15) is 15.0 Å². The molecule has 5 rings (SSSR count). The minimum atomic E-state index is -1.07. The van der Waals surface area contributed by atoms with Crippen LogP contribution < -0.4 is 10.4 Å². The van der Waals surface area contributed by atoms with Gasteiger partial charge in [-0.1, -0.05) is 34.1 Å². The molecule has 2 aromatic rings. The molecule has 33 heavy (non-hydrogen) atoms. The second kappa shape index (κ2) is 7.41. The summed E-state index contributed by atoms with van der Waals surface area (Å²) in [5, 5.41) is 23.2. The molecule has 8 atom stereocenters. The van der Waals surface area contributed by atoms with Crippen molar-refractivity contribution in [1.29, 1.82) is 0 Å². The summed E-state index contributed by atoms with van der Waals surface area (Å²) in [7, 11) is 0. The normalized spacial score (nSPS) is 42.0. The fourth-order valence-corrected chi connectivity index (χ4v) is 7.65. The highest BCUT2D eigenvalue weighted by Crippen LogP contribution is 2.68. The van der Waals surface area contributed by atoms with Crippen molar-refractivity contribution in [3.8, 4) is 17.1 Å². The average molecular weight is 454 g/mol. The van der Waals surface area contributed by atoms with Gasteiger partial charge in [-0.3, -0.25) is 4.98 Å². The van der Waals surface area contributed by atoms with Gasteiger partial charge in [0.05, 0.1) is 12.2 Å². The van der Waals surface area contributed by atoms with E-state index in [2.05, 4.69) is 32.7 Å². The van der Waals surface area contributed by atoms with Crippen LogP contribution >= 0.6 is 0 Å². The number of fused-ring (bicyclic) bond motifs is 4. The third-order valence-corrected chi connectivity index (χ3v) is 9.88. The predicted octanol–water partition coefficient (Wildman–Crippen LogP) is 4.74. The molecule has 0 spiro atoms. The fourth-order valence-electron chi connectivity index (χ4n) is 7.65. The minimum Gasteiger partial charge on any atom is -0.484 e. The first kappa shape index (κ1) is 22.6. The molecule has 2 aromatic heterocycles. The van der Waals surface area contributed by atoms with Crippen molar-refractivity contribution < 1.29 is 19.4 Å². The monoisotopic (exact) mass is 453 g/mol. The van der Waals surface area contributed by atoms with Crippen molar-refractivity contribution in [2.24, 2.45) is 28.6 Å². The Hall–Kier alpha value is -2.18. The molecular weight excluding hydrogens is 418 g/mol. The summed E-state index contributed by atoms with van der Waals surface area (Å²) in [6.07, 6.45) is 5.04. The topological polar surface area (TPSA) is 92.8 Å². The van der Waals surface area contributed by atoms with E-state index in [-0.39, 0.29) is 22.3 Å². The Morgan fingerprint density at radius 2 is 2.00 bits per heavy atom. The van der Waals surface area contributed by atoms with Gasteiger partial charge in [0.15, 0.2) is 0 Å². The Morgan fingerprint density at radius 1 is 1.24 bits per heavy atom. The molecule has 2 N–H and O–H groups in total. The van der Waals surface area contributed by atoms with Gasteiger partial charge in [0.2, 0.25) is 0 Å². The Balaban J connectivity index is 1.65. The van der Waals surface area contributed by atoms with Gasteiger partial charge >= 0.3 is 5.63 Å². The van der Waals surface area contributed by atoms with Crippen LogP contribution in [0.3, 0.4) is 0 Å². The first-order valence-corrected chi connectivity index (χ1v) is 12.2. The van der Waals surface area contributed by atoms with Crippen LogP contribution in [0, 0.1) is 28.6 Å². The number of pyridine rings is 1. The molecule has 2 fully saturated rings. The van der Waals surface area contributed by atoms with Crippen molar-refractivity contribution in [3.05, 3.63) is 46.6 Å². The maximum atomic E-state index is 13.1. The highest BCUT2D eigenvalue weighted by Gasteiger charge is 2.68. The number of ether oxygens (including phenoxy) is 1. The second-order valence-electron chi connectivity index (χ2n) is 11.2. The van der Waals surface area contributed by atoms with E-state index in [0.717, 1.165) is 19.3 Å². The lowest BCUT2D eigenvalue weighted by Gasteiger charge is -2.67. The van der Waals surface area contributed by atoms with Crippen LogP contribution in [-0.2, 0) is 0 Å². The zero-order valence-electron chi connectivity index (χ0n) is 20.2. The molecule has 0 bridgehead atoms. The van der Waals surface area contributed by atoms with E-state index in [1.165, 1.54) is 0 Å². The van der Waals surface area contributed by atoms with E-state index in [1.54, 1.807) is 30.6 Å². The number of aliphatic hydroxyl groups is 2. The molecule has 178 valence electrons. The summed E-state index contributed by atoms with van der Waals surface area (Å²) in [6.45, 7) is 11.0. The number of hydrogen-bond acceptors (Lipinski definition) is 6. The molecule has 3 aliphatic rings. The maximum absolute atomic E-state index is 13.1. The molecule has 3 unspecified atom stereocenters. The number of aliphatic hydroxyl groups excluding tert-OH is 2. The van der Waals surface area contributed by atoms with E-state index >= 15 is 0 Å². The van der Waals surface area contributed by atoms with Gasteiger partial charge in [-0.2, -0.15) is 0 Å². The van der Waals surface area contributed by atoms with Gasteiger partial charge < -0.3 is 19.4 Å². The zero-order valence-corrected chi connectivity index (χ0v) is 20.2. The van der Waals surface area contributed by atoms with Gasteiger partial charge in [-0.25, -0.2) is 4.79 Å². The van der Waals surface area contributed by atoms with Crippen molar-refractivity contribution in [1.82, 2.24) is 4.98 Å². The fraction of sp³-hybridized carbons (Fsp3) is 0.630. The van der Waals surface area contributed by atoms with Crippen molar-refractivity contribution in [3.63, 3.8) is 0 Å².